The molecule has 4 nitrogen and oxygen atoms in total. The maximum Gasteiger partial charge on any atom is 0.160 e. The molecule has 0 heterocycles. The van der Waals surface area contributed by atoms with Crippen molar-refractivity contribution < 1.29 is 14.3 Å². The summed E-state index contributed by atoms with van der Waals surface area (Å²) in [6.45, 7) is 0.344. The summed E-state index contributed by atoms with van der Waals surface area (Å²) in [6, 6.07) is 25.0. The molecular weight excluding hydrogens is 350 g/mol. The van der Waals surface area contributed by atoms with Crippen LogP contribution in [0.1, 0.15) is 16.7 Å². The van der Waals surface area contributed by atoms with Gasteiger partial charge in [-0.2, -0.15) is 0 Å². The van der Waals surface area contributed by atoms with Gasteiger partial charge in [0, 0.05) is 11.1 Å². The van der Waals surface area contributed by atoms with Crippen molar-refractivity contribution in [3.05, 3.63) is 95.6 Å². The highest BCUT2D eigenvalue weighted by molar-refractivity contribution is 6.13. The molecule has 140 valence electrons. The zero-order valence-corrected chi connectivity index (χ0v) is 15.9. The van der Waals surface area contributed by atoms with E-state index < -0.39 is 0 Å². The molecule has 0 atom stereocenters. The van der Waals surface area contributed by atoms with Crippen molar-refractivity contribution in [2.24, 2.45) is 5.16 Å². The number of nitrogens with zero attached hydrogens (tertiary/aromatic N) is 1. The standard InChI is InChI=1S/C24H21NO3/c1-26-22-13-8-20(9-14-22)18-28-25-24(17-10-19-6-4-3-5-7-19)21-11-15-23(27-2)16-12-21/h3-9,11-16H,18H2,1-2H3/b25-24+. The minimum absolute atomic E-state index is 0.344. The Morgan fingerprint density at radius 1 is 0.786 bits per heavy atom. The van der Waals surface area contributed by atoms with Crippen molar-refractivity contribution in [2.75, 3.05) is 14.2 Å². The van der Waals surface area contributed by atoms with Crippen LogP contribution in [0, 0.1) is 11.8 Å². The van der Waals surface area contributed by atoms with Crippen LogP contribution in [0.4, 0.5) is 0 Å². The summed E-state index contributed by atoms with van der Waals surface area (Å²) in [5, 5.41) is 4.27. The first kappa shape index (κ1) is 19.1. The van der Waals surface area contributed by atoms with E-state index in [9.17, 15) is 0 Å². The predicted octanol–water partition coefficient (Wildman–Crippen LogP) is 4.68. The Kier molecular flexibility index (Phi) is 6.70. The van der Waals surface area contributed by atoms with Gasteiger partial charge in [0.2, 0.25) is 0 Å². The Bertz CT molecular complexity index is 966. The zero-order chi connectivity index (χ0) is 19.6. The highest BCUT2D eigenvalue weighted by Gasteiger charge is 2.03. The van der Waals surface area contributed by atoms with Crippen molar-refractivity contribution in [1.29, 1.82) is 0 Å². The van der Waals surface area contributed by atoms with E-state index in [4.69, 9.17) is 14.3 Å². The maximum atomic E-state index is 5.57. The fourth-order valence-corrected chi connectivity index (χ4v) is 2.44. The Hall–Kier alpha value is -3.71. The SMILES string of the molecule is COc1ccc(CO/N=C(\C#Cc2ccccc2)c2ccc(OC)cc2)cc1. The highest BCUT2D eigenvalue weighted by atomic mass is 16.6. The lowest BCUT2D eigenvalue weighted by atomic mass is 10.1. The van der Waals surface area contributed by atoms with Gasteiger partial charge in [0.25, 0.3) is 0 Å². The molecule has 0 saturated heterocycles. The second-order valence-corrected chi connectivity index (χ2v) is 5.91. The first-order chi connectivity index (χ1) is 13.8. The molecule has 0 radical (unpaired) electrons. The lowest BCUT2D eigenvalue weighted by Gasteiger charge is -2.05. The van der Waals surface area contributed by atoms with Crippen LogP contribution in [0.2, 0.25) is 0 Å². The summed E-state index contributed by atoms with van der Waals surface area (Å²) < 4.78 is 10.4. The number of oxime groups is 1. The first-order valence-corrected chi connectivity index (χ1v) is 8.83. The van der Waals surface area contributed by atoms with Crippen LogP contribution in [-0.4, -0.2) is 19.9 Å². The molecule has 0 aromatic heterocycles. The van der Waals surface area contributed by atoms with Crippen LogP contribution in [0.25, 0.3) is 0 Å². The molecule has 0 spiro atoms. The average Bonchev–Trinajstić information content (AvgIpc) is 2.77. The molecule has 0 fully saturated rings. The van der Waals surface area contributed by atoms with Gasteiger partial charge in [0.15, 0.2) is 5.71 Å². The minimum atomic E-state index is 0.344. The molecule has 0 amide bonds. The minimum Gasteiger partial charge on any atom is -0.497 e. The van der Waals surface area contributed by atoms with Crippen LogP contribution >= 0.6 is 0 Å². The lowest BCUT2D eigenvalue weighted by molar-refractivity contribution is 0.131. The van der Waals surface area contributed by atoms with Gasteiger partial charge in [-0.05, 0) is 60.0 Å². The van der Waals surface area contributed by atoms with Gasteiger partial charge in [0.05, 0.1) is 14.2 Å². The Balaban J connectivity index is 1.79. The molecule has 3 aromatic rings. The van der Waals surface area contributed by atoms with E-state index in [1.165, 1.54) is 0 Å². The van der Waals surface area contributed by atoms with Crippen LogP contribution in [-0.2, 0) is 11.4 Å². The fraction of sp³-hybridized carbons (Fsp3) is 0.125. The molecule has 0 aliphatic rings. The normalized spacial score (nSPS) is 10.6. The van der Waals surface area contributed by atoms with E-state index >= 15 is 0 Å². The van der Waals surface area contributed by atoms with Gasteiger partial charge in [0.1, 0.15) is 18.1 Å². The van der Waals surface area contributed by atoms with Gasteiger partial charge in [-0.15, -0.1) is 0 Å². The summed E-state index contributed by atoms with van der Waals surface area (Å²) in [4.78, 5) is 5.57. The third-order valence-electron chi connectivity index (χ3n) is 4.01. The molecule has 3 rings (SSSR count). The molecule has 28 heavy (non-hydrogen) atoms. The van der Waals surface area contributed by atoms with Crippen LogP contribution in [0.5, 0.6) is 11.5 Å². The van der Waals surface area contributed by atoms with Gasteiger partial charge in [-0.25, -0.2) is 0 Å². The Morgan fingerprint density at radius 3 is 2.00 bits per heavy atom. The predicted molar refractivity (Wildman–Crippen MR) is 111 cm³/mol. The summed E-state index contributed by atoms with van der Waals surface area (Å²) in [5.74, 6) is 7.82. The second kappa shape index (κ2) is 9.84. The second-order valence-electron chi connectivity index (χ2n) is 5.91. The molecule has 0 N–H and O–H groups in total. The van der Waals surface area contributed by atoms with E-state index in [1.54, 1.807) is 14.2 Å². The van der Waals surface area contributed by atoms with E-state index in [1.807, 2.05) is 78.9 Å². The molecule has 4 heteroatoms. The third kappa shape index (κ3) is 5.39. The summed E-state index contributed by atoms with van der Waals surface area (Å²) in [5.41, 5.74) is 3.33. The largest absolute Gasteiger partial charge is 0.497 e. The van der Waals surface area contributed by atoms with Crippen LogP contribution in [0.3, 0.4) is 0 Å². The van der Waals surface area contributed by atoms with Crippen molar-refractivity contribution in [1.82, 2.24) is 0 Å². The van der Waals surface area contributed by atoms with E-state index in [2.05, 4.69) is 17.0 Å². The number of ether oxygens (including phenoxy) is 2. The van der Waals surface area contributed by atoms with Crippen molar-refractivity contribution in [3.63, 3.8) is 0 Å². The smallest absolute Gasteiger partial charge is 0.160 e. The van der Waals surface area contributed by atoms with Crippen molar-refractivity contribution >= 4 is 5.71 Å². The first-order valence-electron chi connectivity index (χ1n) is 8.83. The monoisotopic (exact) mass is 371 g/mol. The maximum absolute atomic E-state index is 5.57. The number of hydrogen-bond acceptors (Lipinski definition) is 4. The average molecular weight is 371 g/mol. The van der Waals surface area contributed by atoms with Crippen LogP contribution in [0.15, 0.2) is 84.0 Å². The quantitative estimate of drug-likeness (QED) is 0.359. The summed E-state index contributed by atoms with van der Waals surface area (Å²) in [7, 11) is 3.28. The molecule has 0 aliphatic carbocycles. The van der Waals surface area contributed by atoms with E-state index in [-0.39, 0.29) is 0 Å². The van der Waals surface area contributed by atoms with Crippen molar-refractivity contribution in [2.45, 2.75) is 6.61 Å². The Morgan fingerprint density at radius 2 is 1.39 bits per heavy atom. The fourth-order valence-electron chi connectivity index (χ4n) is 2.44. The topological polar surface area (TPSA) is 40.0 Å². The van der Waals surface area contributed by atoms with E-state index in [0.717, 1.165) is 28.2 Å². The molecular formula is C24H21NO3. The van der Waals surface area contributed by atoms with Gasteiger partial charge in [-0.3, -0.25) is 0 Å². The third-order valence-corrected chi connectivity index (χ3v) is 4.01. The van der Waals surface area contributed by atoms with Gasteiger partial charge < -0.3 is 14.3 Å². The molecule has 0 saturated carbocycles. The summed E-state index contributed by atoms with van der Waals surface area (Å²) in [6.07, 6.45) is 0. The number of methoxy groups -OCH3 is 2. The molecule has 0 unspecified atom stereocenters. The highest BCUT2D eigenvalue weighted by Crippen LogP contribution is 2.14. The zero-order valence-electron chi connectivity index (χ0n) is 15.9. The van der Waals surface area contributed by atoms with Gasteiger partial charge in [-0.1, -0.05) is 41.4 Å². The number of rotatable bonds is 6. The van der Waals surface area contributed by atoms with E-state index in [0.29, 0.717) is 12.3 Å². The number of hydrogen-bond donors (Lipinski definition) is 0. The van der Waals surface area contributed by atoms with Crippen LogP contribution < -0.4 is 9.47 Å². The summed E-state index contributed by atoms with van der Waals surface area (Å²) >= 11 is 0. The number of benzene rings is 3. The molecule has 3 aromatic carbocycles. The molecule has 0 bridgehead atoms. The van der Waals surface area contributed by atoms with Crippen molar-refractivity contribution in [3.8, 4) is 23.3 Å². The van der Waals surface area contributed by atoms with Gasteiger partial charge >= 0.3 is 0 Å². The molecule has 0 aliphatic heterocycles. The lowest BCUT2D eigenvalue weighted by Crippen LogP contribution is -2.00. The Labute approximate surface area is 165 Å².